The fourth-order valence-electron chi connectivity index (χ4n) is 9.94. The van der Waals surface area contributed by atoms with Crippen molar-refractivity contribution >= 4 is 32.6 Å². The van der Waals surface area contributed by atoms with Gasteiger partial charge in [-0.2, -0.15) is 0 Å². The standard InChI is InChI=1S/C58H90N4O2S/c1-11-13-15-17-19-21-23-25-27-29-47-57(49-31-39-53(40-32-49)59(3)4,50-33-41-54(42-34-50)60(5)6)65(63,64)58(51-35-43-55(44-36-51)61(7)8,52-37-45-56(46-38-52)62(9)10)48-30-28-26-24-22-20-18-16-14-12-2/h31-46H,11-30,47-48H2,1-10H3. The Kier molecular flexibility index (Phi) is 22.3. The third-order valence-corrected chi connectivity index (χ3v) is 17.3. The molecule has 0 aliphatic carbocycles. The normalized spacial score (nSPS) is 12.1. The zero-order valence-electron chi connectivity index (χ0n) is 42.8. The highest BCUT2D eigenvalue weighted by atomic mass is 32.2. The quantitative estimate of drug-likeness (QED) is 0.0455. The second kappa shape index (κ2) is 27.0. The lowest BCUT2D eigenvalue weighted by atomic mass is 9.84. The third kappa shape index (κ3) is 14.0. The van der Waals surface area contributed by atoms with Gasteiger partial charge in [-0.25, -0.2) is 8.42 Å². The molecule has 0 fully saturated rings. The lowest BCUT2D eigenvalue weighted by molar-refractivity contribution is 0.458. The maximum Gasteiger partial charge on any atom is 0.178 e. The van der Waals surface area contributed by atoms with E-state index in [9.17, 15) is 0 Å². The van der Waals surface area contributed by atoms with Gasteiger partial charge in [0.05, 0.1) is 0 Å². The molecular formula is C58H90N4O2S. The molecule has 6 nitrogen and oxygen atoms in total. The molecule has 0 saturated heterocycles. The van der Waals surface area contributed by atoms with Gasteiger partial charge in [-0.1, -0.05) is 191 Å². The molecular weight excluding hydrogens is 817 g/mol. The average Bonchev–Trinajstić information content (AvgIpc) is 3.30. The topological polar surface area (TPSA) is 47.1 Å². The van der Waals surface area contributed by atoms with Crippen LogP contribution < -0.4 is 19.6 Å². The Morgan fingerprint density at radius 3 is 0.677 bits per heavy atom. The van der Waals surface area contributed by atoms with Crippen molar-refractivity contribution in [3.63, 3.8) is 0 Å². The van der Waals surface area contributed by atoms with Crippen LogP contribution in [0.1, 0.15) is 177 Å². The molecule has 0 amide bonds. The highest BCUT2D eigenvalue weighted by molar-refractivity contribution is 7.93. The van der Waals surface area contributed by atoms with Crippen molar-refractivity contribution in [3.8, 4) is 0 Å². The molecule has 0 heterocycles. The summed E-state index contributed by atoms with van der Waals surface area (Å²) in [5.41, 5.74) is 7.60. The van der Waals surface area contributed by atoms with Gasteiger partial charge in [-0.05, 0) is 83.6 Å². The lowest BCUT2D eigenvalue weighted by Gasteiger charge is -2.45. The predicted molar refractivity (Wildman–Crippen MR) is 286 cm³/mol. The molecule has 4 rings (SSSR count). The van der Waals surface area contributed by atoms with E-state index in [0.717, 1.165) is 83.5 Å². The molecule has 0 aliphatic heterocycles. The first-order valence-corrected chi connectivity index (χ1v) is 27.1. The SMILES string of the molecule is CCCCCCCCCCCCC(c1ccc(N(C)C)cc1)(c1ccc(N(C)C)cc1)S(=O)(=O)C(CCCCCCCCCCCC)(c1ccc(N(C)C)cc1)c1ccc(N(C)C)cc1. The highest BCUT2D eigenvalue weighted by Gasteiger charge is 2.59. The van der Waals surface area contributed by atoms with Crippen LogP contribution in [-0.2, 0) is 19.3 Å². The Hall–Kier alpha value is -3.97. The molecule has 0 unspecified atom stereocenters. The fraction of sp³-hybridized carbons (Fsp3) is 0.586. The number of unbranched alkanes of at least 4 members (excludes halogenated alkanes) is 18. The molecule has 0 spiro atoms. The van der Waals surface area contributed by atoms with Gasteiger partial charge in [0, 0.05) is 79.1 Å². The monoisotopic (exact) mass is 907 g/mol. The summed E-state index contributed by atoms with van der Waals surface area (Å²) in [6, 6.07) is 33.9. The summed E-state index contributed by atoms with van der Waals surface area (Å²) < 4.78 is 32.3. The van der Waals surface area contributed by atoms with Gasteiger partial charge < -0.3 is 19.6 Å². The minimum Gasteiger partial charge on any atom is -0.378 e. The molecule has 0 N–H and O–H groups in total. The molecule has 0 radical (unpaired) electrons. The van der Waals surface area contributed by atoms with Gasteiger partial charge in [0.2, 0.25) is 0 Å². The molecule has 0 aromatic heterocycles. The number of anilines is 4. The van der Waals surface area contributed by atoms with E-state index < -0.39 is 19.3 Å². The molecule has 0 saturated carbocycles. The fourth-order valence-corrected chi connectivity index (χ4v) is 13.1. The second-order valence-corrected chi connectivity index (χ2v) is 22.2. The molecule has 0 bridgehead atoms. The van der Waals surface area contributed by atoms with E-state index in [2.05, 4.69) is 187 Å². The van der Waals surface area contributed by atoms with E-state index in [1.165, 1.54) is 89.9 Å². The first kappa shape index (κ1) is 53.6. The number of benzene rings is 4. The first-order valence-electron chi connectivity index (χ1n) is 25.6. The maximum absolute atomic E-state index is 17.5. The van der Waals surface area contributed by atoms with Crippen molar-refractivity contribution in [2.45, 2.75) is 165 Å². The van der Waals surface area contributed by atoms with Crippen molar-refractivity contribution in [1.82, 2.24) is 0 Å². The van der Waals surface area contributed by atoms with Gasteiger partial charge in [0.15, 0.2) is 9.84 Å². The van der Waals surface area contributed by atoms with Crippen LogP contribution in [0.25, 0.3) is 0 Å². The second-order valence-electron chi connectivity index (χ2n) is 19.8. The van der Waals surface area contributed by atoms with Crippen LogP contribution in [0.2, 0.25) is 0 Å². The predicted octanol–water partition coefficient (Wildman–Crippen LogP) is 15.2. The largest absolute Gasteiger partial charge is 0.378 e. The van der Waals surface area contributed by atoms with E-state index in [4.69, 9.17) is 0 Å². The van der Waals surface area contributed by atoms with E-state index in [0.29, 0.717) is 12.8 Å². The Morgan fingerprint density at radius 2 is 0.492 bits per heavy atom. The van der Waals surface area contributed by atoms with Crippen LogP contribution in [0.3, 0.4) is 0 Å². The Morgan fingerprint density at radius 1 is 0.308 bits per heavy atom. The number of rotatable bonds is 32. The molecule has 0 aliphatic rings. The van der Waals surface area contributed by atoms with Crippen LogP contribution in [0.4, 0.5) is 22.7 Å². The van der Waals surface area contributed by atoms with Crippen LogP contribution in [0, 0.1) is 0 Å². The number of hydrogen-bond donors (Lipinski definition) is 0. The van der Waals surface area contributed by atoms with Gasteiger partial charge in [-0.3, -0.25) is 0 Å². The molecule has 360 valence electrons. The van der Waals surface area contributed by atoms with E-state index in [-0.39, 0.29) is 0 Å². The van der Waals surface area contributed by atoms with Crippen molar-refractivity contribution < 1.29 is 8.42 Å². The number of sulfone groups is 1. The van der Waals surface area contributed by atoms with Gasteiger partial charge in [0.1, 0.15) is 9.49 Å². The molecule has 4 aromatic carbocycles. The Bertz CT molecular complexity index is 1760. The number of nitrogens with zero attached hydrogens (tertiary/aromatic N) is 4. The molecule has 4 aromatic rings. The van der Waals surface area contributed by atoms with E-state index in [1.54, 1.807) is 0 Å². The summed E-state index contributed by atoms with van der Waals surface area (Å²) in [6.07, 6.45) is 24.8. The van der Waals surface area contributed by atoms with E-state index >= 15 is 8.42 Å². The summed E-state index contributed by atoms with van der Waals surface area (Å²) in [5.74, 6) is 0. The minimum atomic E-state index is -4.21. The van der Waals surface area contributed by atoms with Gasteiger partial charge >= 0.3 is 0 Å². The smallest absolute Gasteiger partial charge is 0.178 e. The Balaban J connectivity index is 1.97. The van der Waals surface area contributed by atoms with Gasteiger partial charge in [-0.15, -0.1) is 0 Å². The summed E-state index contributed by atoms with van der Waals surface area (Å²) in [5, 5.41) is 0. The number of hydrogen-bond acceptors (Lipinski definition) is 6. The van der Waals surface area contributed by atoms with Crippen molar-refractivity contribution in [3.05, 3.63) is 119 Å². The molecule has 65 heavy (non-hydrogen) atoms. The van der Waals surface area contributed by atoms with Crippen LogP contribution in [-0.4, -0.2) is 64.8 Å². The Labute approximate surface area is 399 Å². The minimum absolute atomic E-state index is 0.500. The van der Waals surface area contributed by atoms with Crippen LogP contribution in [0.15, 0.2) is 97.1 Å². The van der Waals surface area contributed by atoms with E-state index in [1.807, 2.05) is 0 Å². The maximum atomic E-state index is 17.5. The highest BCUT2D eigenvalue weighted by Crippen LogP contribution is 2.55. The van der Waals surface area contributed by atoms with Crippen LogP contribution in [0.5, 0.6) is 0 Å². The average molecular weight is 907 g/mol. The molecule has 0 atom stereocenters. The van der Waals surface area contributed by atoms with Crippen LogP contribution >= 0.6 is 0 Å². The van der Waals surface area contributed by atoms with Gasteiger partial charge in [0.25, 0.3) is 0 Å². The molecule has 7 heteroatoms. The van der Waals surface area contributed by atoms with Crippen molar-refractivity contribution in [2.24, 2.45) is 0 Å². The zero-order valence-corrected chi connectivity index (χ0v) is 43.6. The summed E-state index contributed by atoms with van der Waals surface area (Å²) in [7, 11) is 12.2. The summed E-state index contributed by atoms with van der Waals surface area (Å²) >= 11 is 0. The summed E-state index contributed by atoms with van der Waals surface area (Å²) in [4.78, 5) is 8.40. The zero-order chi connectivity index (χ0) is 47.3. The first-order chi connectivity index (χ1) is 31.3. The lowest BCUT2D eigenvalue weighted by Crippen LogP contribution is -2.50. The van der Waals surface area contributed by atoms with Crippen molar-refractivity contribution in [2.75, 3.05) is 76.0 Å². The van der Waals surface area contributed by atoms with Crippen molar-refractivity contribution in [1.29, 1.82) is 0 Å². The summed E-state index contributed by atoms with van der Waals surface area (Å²) in [6.45, 7) is 4.55. The third-order valence-electron chi connectivity index (χ3n) is 14.1.